The van der Waals surface area contributed by atoms with Crippen LogP contribution >= 0.6 is 11.6 Å². The number of anilines is 1. The van der Waals surface area contributed by atoms with E-state index in [0.29, 0.717) is 22.0 Å². The summed E-state index contributed by atoms with van der Waals surface area (Å²) in [5, 5.41) is 10.7. The van der Waals surface area contributed by atoms with Gasteiger partial charge in [-0.3, -0.25) is 9.89 Å². The van der Waals surface area contributed by atoms with Crippen LogP contribution in [0, 0.1) is 6.92 Å². The number of aromatic amines is 1. The highest BCUT2D eigenvalue weighted by atomic mass is 35.5. The Labute approximate surface area is 144 Å². The van der Waals surface area contributed by atoms with Gasteiger partial charge in [0.25, 0.3) is 5.91 Å². The first-order valence-electron chi connectivity index (χ1n) is 7.35. The van der Waals surface area contributed by atoms with E-state index in [-0.39, 0.29) is 5.91 Å². The normalized spacial score (nSPS) is 10.5. The first-order chi connectivity index (χ1) is 11.6. The predicted octanol–water partition coefficient (Wildman–Crippen LogP) is 4.30. The molecule has 1 amide bonds. The molecule has 0 unspecified atom stereocenters. The van der Waals surface area contributed by atoms with Crippen molar-refractivity contribution < 1.29 is 9.53 Å². The lowest BCUT2D eigenvalue weighted by molar-refractivity contribution is 0.102. The maximum absolute atomic E-state index is 12.4. The first-order valence-corrected chi connectivity index (χ1v) is 7.72. The lowest BCUT2D eigenvalue weighted by Crippen LogP contribution is -2.12. The SMILES string of the molecule is COc1ccc(-c2n[nH]c(C)c2NC(=O)c2ccc(Cl)cc2)cc1. The molecule has 0 saturated heterocycles. The Hall–Kier alpha value is -2.79. The van der Waals surface area contributed by atoms with Crippen molar-refractivity contribution in [2.75, 3.05) is 12.4 Å². The number of methoxy groups -OCH3 is 1. The molecule has 2 aromatic carbocycles. The summed E-state index contributed by atoms with van der Waals surface area (Å²) in [6.45, 7) is 1.86. The molecule has 0 aliphatic rings. The molecular formula is C18H16ClN3O2. The zero-order chi connectivity index (χ0) is 17.1. The summed E-state index contributed by atoms with van der Waals surface area (Å²) in [6.07, 6.45) is 0. The largest absolute Gasteiger partial charge is 0.497 e. The van der Waals surface area contributed by atoms with Gasteiger partial charge in [0.1, 0.15) is 11.4 Å². The van der Waals surface area contributed by atoms with Crippen molar-refractivity contribution in [1.29, 1.82) is 0 Å². The number of carbonyl (C=O) groups is 1. The molecule has 0 bridgehead atoms. The molecule has 0 saturated carbocycles. The van der Waals surface area contributed by atoms with E-state index < -0.39 is 0 Å². The number of nitrogens with one attached hydrogen (secondary N) is 2. The number of benzene rings is 2. The molecule has 3 rings (SSSR count). The number of ether oxygens (including phenoxy) is 1. The van der Waals surface area contributed by atoms with Crippen LogP contribution in [0.3, 0.4) is 0 Å². The standard InChI is InChI=1S/C18H16ClN3O2/c1-11-16(20-18(23)13-3-7-14(19)8-4-13)17(22-21-11)12-5-9-15(24-2)10-6-12/h3-10H,1-2H3,(H,20,23)(H,21,22). The number of aromatic nitrogens is 2. The monoisotopic (exact) mass is 341 g/mol. The maximum Gasteiger partial charge on any atom is 0.255 e. The average Bonchev–Trinajstić information content (AvgIpc) is 2.96. The van der Waals surface area contributed by atoms with Gasteiger partial charge in [-0.25, -0.2) is 0 Å². The second kappa shape index (κ2) is 6.76. The fourth-order valence-corrected chi connectivity index (χ4v) is 2.45. The molecular weight excluding hydrogens is 326 g/mol. The number of hydrogen-bond acceptors (Lipinski definition) is 3. The number of halogens is 1. The van der Waals surface area contributed by atoms with Crippen LogP contribution in [-0.4, -0.2) is 23.2 Å². The molecule has 2 N–H and O–H groups in total. The van der Waals surface area contributed by atoms with Gasteiger partial charge in [0.05, 0.1) is 18.5 Å². The highest BCUT2D eigenvalue weighted by molar-refractivity contribution is 6.30. The Balaban J connectivity index is 1.89. The Bertz CT molecular complexity index is 855. The Morgan fingerprint density at radius 2 is 1.79 bits per heavy atom. The second-order valence-electron chi connectivity index (χ2n) is 5.26. The number of rotatable bonds is 4. The smallest absolute Gasteiger partial charge is 0.255 e. The van der Waals surface area contributed by atoms with Gasteiger partial charge in [-0.2, -0.15) is 5.10 Å². The van der Waals surface area contributed by atoms with Gasteiger partial charge in [0, 0.05) is 16.1 Å². The molecule has 1 heterocycles. The van der Waals surface area contributed by atoms with Crippen LogP contribution in [0.25, 0.3) is 11.3 Å². The zero-order valence-corrected chi connectivity index (χ0v) is 14.0. The van der Waals surface area contributed by atoms with E-state index in [1.165, 1.54) is 0 Å². The van der Waals surface area contributed by atoms with Gasteiger partial charge < -0.3 is 10.1 Å². The average molecular weight is 342 g/mol. The summed E-state index contributed by atoms with van der Waals surface area (Å²) in [5.74, 6) is 0.545. The molecule has 6 heteroatoms. The van der Waals surface area contributed by atoms with E-state index in [2.05, 4.69) is 15.5 Å². The number of aryl methyl sites for hydroxylation is 1. The molecule has 0 spiro atoms. The van der Waals surface area contributed by atoms with Gasteiger partial charge in [-0.15, -0.1) is 0 Å². The molecule has 0 radical (unpaired) electrons. The number of carbonyl (C=O) groups excluding carboxylic acids is 1. The fraction of sp³-hybridized carbons (Fsp3) is 0.111. The molecule has 0 fully saturated rings. The van der Waals surface area contributed by atoms with Crippen molar-refractivity contribution >= 4 is 23.2 Å². The van der Waals surface area contributed by atoms with Crippen molar-refractivity contribution in [3.05, 3.63) is 64.8 Å². The molecule has 0 aliphatic heterocycles. The molecule has 0 aliphatic carbocycles. The highest BCUT2D eigenvalue weighted by Crippen LogP contribution is 2.30. The summed E-state index contributed by atoms with van der Waals surface area (Å²) >= 11 is 5.86. The van der Waals surface area contributed by atoms with E-state index >= 15 is 0 Å². The molecule has 5 nitrogen and oxygen atoms in total. The van der Waals surface area contributed by atoms with E-state index in [0.717, 1.165) is 17.0 Å². The Morgan fingerprint density at radius 1 is 1.12 bits per heavy atom. The molecule has 1 aromatic heterocycles. The lowest BCUT2D eigenvalue weighted by atomic mass is 10.1. The van der Waals surface area contributed by atoms with Crippen LogP contribution in [-0.2, 0) is 0 Å². The van der Waals surface area contributed by atoms with E-state index in [1.54, 1.807) is 31.4 Å². The van der Waals surface area contributed by atoms with Gasteiger partial charge >= 0.3 is 0 Å². The van der Waals surface area contributed by atoms with Crippen LogP contribution in [0.1, 0.15) is 16.1 Å². The zero-order valence-electron chi connectivity index (χ0n) is 13.3. The minimum absolute atomic E-state index is 0.217. The quantitative estimate of drug-likeness (QED) is 0.743. The summed E-state index contributed by atoms with van der Waals surface area (Å²) in [7, 11) is 1.62. The van der Waals surface area contributed by atoms with Crippen LogP contribution in [0.15, 0.2) is 48.5 Å². The number of amides is 1. The highest BCUT2D eigenvalue weighted by Gasteiger charge is 2.16. The minimum atomic E-state index is -0.217. The van der Waals surface area contributed by atoms with Crippen molar-refractivity contribution in [3.8, 4) is 17.0 Å². The van der Waals surface area contributed by atoms with Crippen molar-refractivity contribution in [3.63, 3.8) is 0 Å². The van der Waals surface area contributed by atoms with Gasteiger partial charge in [0.15, 0.2) is 0 Å². The van der Waals surface area contributed by atoms with Crippen LogP contribution in [0.4, 0.5) is 5.69 Å². The molecule has 0 atom stereocenters. The van der Waals surface area contributed by atoms with Crippen LogP contribution in [0.2, 0.25) is 5.02 Å². The van der Waals surface area contributed by atoms with E-state index in [4.69, 9.17) is 16.3 Å². The minimum Gasteiger partial charge on any atom is -0.497 e. The first kappa shape index (κ1) is 16.1. The summed E-state index contributed by atoms with van der Waals surface area (Å²) in [4.78, 5) is 12.4. The lowest BCUT2D eigenvalue weighted by Gasteiger charge is -2.08. The number of nitrogens with zero attached hydrogens (tertiary/aromatic N) is 1. The number of H-pyrrole nitrogens is 1. The van der Waals surface area contributed by atoms with Crippen LogP contribution < -0.4 is 10.1 Å². The topological polar surface area (TPSA) is 67.0 Å². The second-order valence-corrected chi connectivity index (χ2v) is 5.70. The molecule has 3 aromatic rings. The van der Waals surface area contributed by atoms with Crippen molar-refractivity contribution in [1.82, 2.24) is 10.2 Å². The third-order valence-corrected chi connectivity index (χ3v) is 3.91. The maximum atomic E-state index is 12.4. The molecule has 24 heavy (non-hydrogen) atoms. The van der Waals surface area contributed by atoms with Gasteiger partial charge in [0.2, 0.25) is 0 Å². The van der Waals surface area contributed by atoms with Gasteiger partial charge in [-0.05, 0) is 55.5 Å². The third-order valence-electron chi connectivity index (χ3n) is 3.66. The van der Waals surface area contributed by atoms with E-state index in [9.17, 15) is 4.79 Å². The van der Waals surface area contributed by atoms with Crippen molar-refractivity contribution in [2.24, 2.45) is 0 Å². The Kier molecular flexibility index (Phi) is 4.53. The third kappa shape index (κ3) is 3.26. The summed E-state index contributed by atoms with van der Waals surface area (Å²) < 4.78 is 5.16. The predicted molar refractivity (Wildman–Crippen MR) is 94.7 cm³/mol. The summed E-state index contributed by atoms with van der Waals surface area (Å²) in [6, 6.07) is 14.2. The summed E-state index contributed by atoms with van der Waals surface area (Å²) in [5.41, 5.74) is 3.52. The molecule has 122 valence electrons. The fourth-order valence-electron chi connectivity index (χ4n) is 2.33. The van der Waals surface area contributed by atoms with Gasteiger partial charge in [-0.1, -0.05) is 11.6 Å². The van der Waals surface area contributed by atoms with Crippen LogP contribution in [0.5, 0.6) is 5.75 Å². The Morgan fingerprint density at radius 3 is 2.42 bits per heavy atom. The number of hydrogen-bond donors (Lipinski definition) is 2. The van der Waals surface area contributed by atoms with E-state index in [1.807, 2.05) is 31.2 Å². The van der Waals surface area contributed by atoms with Crippen molar-refractivity contribution in [2.45, 2.75) is 6.92 Å².